The fourth-order valence-electron chi connectivity index (χ4n) is 3.74. The number of rotatable bonds is 4. The van der Waals surface area contributed by atoms with E-state index in [-0.39, 0.29) is 11.8 Å². The van der Waals surface area contributed by atoms with E-state index in [1.165, 1.54) is 0 Å². The maximum atomic E-state index is 13.2. The number of carbonyl (C=O) groups excluding carboxylic acids is 2. The largest absolute Gasteiger partial charge is 0.497 e. The van der Waals surface area contributed by atoms with Crippen LogP contribution in [-0.4, -0.2) is 67.0 Å². The van der Waals surface area contributed by atoms with Crippen molar-refractivity contribution < 1.29 is 19.1 Å². The molecule has 34 heavy (non-hydrogen) atoms. The van der Waals surface area contributed by atoms with E-state index in [0.717, 1.165) is 0 Å². The number of hydrogen-bond acceptors (Lipinski definition) is 5. The van der Waals surface area contributed by atoms with Crippen molar-refractivity contribution in [3.05, 3.63) is 89.2 Å². The molecule has 0 unspecified atom stereocenters. The summed E-state index contributed by atoms with van der Waals surface area (Å²) >= 11 is 0. The van der Waals surface area contributed by atoms with Crippen LogP contribution in [0, 0.1) is 11.8 Å². The highest BCUT2D eigenvalue weighted by Gasteiger charge is 2.26. The minimum absolute atomic E-state index is 0.0671. The zero-order valence-corrected chi connectivity index (χ0v) is 19.2. The number of pyridine rings is 1. The summed E-state index contributed by atoms with van der Waals surface area (Å²) in [5.74, 6) is 7.13. The Hall–Kier alpha value is -4.31. The maximum Gasteiger partial charge on any atom is 0.254 e. The SMILES string of the molecule is COc1cccc(C(=O)N2CCN(C(=O)c3ccc(OC)c(C#Cc4ccccn4)c3)CC2)c1. The van der Waals surface area contributed by atoms with E-state index in [2.05, 4.69) is 16.8 Å². The first-order valence-electron chi connectivity index (χ1n) is 10.9. The van der Waals surface area contributed by atoms with Crippen LogP contribution < -0.4 is 9.47 Å². The Balaban J connectivity index is 1.44. The predicted molar refractivity (Wildman–Crippen MR) is 128 cm³/mol. The van der Waals surface area contributed by atoms with Crippen molar-refractivity contribution in [1.29, 1.82) is 0 Å². The van der Waals surface area contributed by atoms with Gasteiger partial charge in [-0.05, 0) is 54.5 Å². The van der Waals surface area contributed by atoms with Crippen LogP contribution in [-0.2, 0) is 0 Å². The summed E-state index contributed by atoms with van der Waals surface area (Å²) in [6, 6.07) is 17.8. The maximum absolute atomic E-state index is 13.2. The molecule has 7 nitrogen and oxygen atoms in total. The first kappa shape index (κ1) is 22.9. The molecule has 0 spiro atoms. The molecular weight excluding hydrogens is 430 g/mol. The second-order valence-corrected chi connectivity index (χ2v) is 7.70. The summed E-state index contributed by atoms with van der Waals surface area (Å²) in [6.07, 6.45) is 1.68. The van der Waals surface area contributed by atoms with Gasteiger partial charge >= 0.3 is 0 Å². The van der Waals surface area contributed by atoms with Gasteiger partial charge in [-0.15, -0.1) is 0 Å². The molecule has 2 amide bonds. The summed E-state index contributed by atoms with van der Waals surface area (Å²) in [7, 11) is 3.14. The molecule has 0 saturated carbocycles. The Kier molecular flexibility index (Phi) is 7.09. The van der Waals surface area contributed by atoms with Gasteiger partial charge in [0.25, 0.3) is 11.8 Å². The number of hydrogen-bond donors (Lipinski definition) is 0. The predicted octanol–water partition coefficient (Wildman–Crippen LogP) is 3.10. The number of piperazine rings is 1. The molecule has 0 atom stereocenters. The van der Waals surface area contributed by atoms with Gasteiger partial charge in [0.1, 0.15) is 17.2 Å². The van der Waals surface area contributed by atoms with Crippen LogP contribution in [0.1, 0.15) is 32.0 Å². The van der Waals surface area contributed by atoms with E-state index in [9.17, 15) is 9.59 Å². The molecule has 0 radical (unpaired) electrons. The van der Waals surface area contributed by atoms with E-state index in [1.807, 2.05) is 18.2 Å². The van der Waals surface area contributed by atoms with Crippen LogP contribution in [0.25, 0.3) is 0 Å². The van der Waals surface area contributed by atoms with E-state index in [1.54, 1.807) is 72.7 Å². The second-order valence-electron chi connectivity index (χ2n) is 7.70. The molecule has 7 heteroatoms. The monoisotopic (exact) mass is 455 g/mol. The molecule has 0 aliphatic carbocycles. The molecule has 1 aromatic heterocycles. The summed E-state index contributed by atoms with van der Waals surface area (Å²) in [5.41, 5.74) is 2.35. The Morgan fingerprint density at radius 2 is 1.50 bits per heavy atom. The third-order valence-corrected chi connectivity index (χ3v) is 5.61. The van der Waals surface area contributed by atoms with Gasteiger partial charge in [0.15, 0.2) is 0 Å². The zero-order chi connectivity index (χ0) is 23.9. The van der Waals surface area contributed by atoms with Gasteiger partial charge < -0.3 is 19.3 Å². The number of aromatic nitrogens is 1. The summed E-state index contributed by atoms with van der Waals surface area (Å²) in [4.78, 5) is 33.7. The molecule has 1 aliphatic rings. The number of amides is 2. The minimum Gasteiger partial charge on any atom is -0.497 e. The minimum atomic E-state index is -0.1000. The van der Waals surface area contributed by atoms with Crippen LogP contribution in [0.4, 0.5) is 0 Å². The van der Waals surface area contributed by atoms with Crippen molar-refractivity contribution in [1.82, 2.24) is 14.8 Å². The third kappa shape index (κ3) is 5.18. The molecule has 0 bridgehead atoms. The highest BCUT2D eigenvalue weighted by molar-refractivity contribution is 5.96. The van der Waals surface area contributed by atoms with Crippen LogP contribution in [0.15, 0.2) is 66.9 Å². The molecule has 3 aromatic rings. The van der Waals surface area contributed by atoms with Crippen LogP contribution in [0.5, 0.6) is 11.5 Å². The van der Waals surface area contributed by atoms with Crippen LogP contribution in [0.3, 0.4) is 0 Å². The first-order valence-corrected chi connectivity index (χ1v) is 10.9. The molecule has 1 aliphatic heterocycles. The molecule has 4 rings (SSSR count). The zero-order valence-electron chi connectivity index (χ0n) is 19.2. The molecule has 0 N–H and O–H groups in total. The summed E-state index contributed by atoms with van der Waals surface area (Å²) < 4.78 is 10.6. The Morgan fingerprint density at radius 3 is 2.12 bits per heavy atom. The highest BCUT2D eigenvalue weighted by Crippen LogP contribution is 2.21. The number of methoxy groups -OCH3 is 2. The lowest BCUT2D eigenvalue weighted by Gasteiger charge is -2.35. The molecule has 2 aromatic carbocycles. The van der Waals surface area contributed by atoms with Gasteiger partial charge in [0, 0.05) is 43.5 Å². The molecule has 1 saturated heterocycles. The molecule has 2 heterocycles. The van der Waals surface area contributed by atoms with Crippen molar-refractivity contribution in [3.63, 3.8) is 0 Å². The lowest BCUT2D eigenvalue weighted by atomic mass is 10.1. The van der Waals surface area contributed by atoms with Crippen LogP contribution >= 0.6 is 0 Å². The second kappa shape index (κ2) is 10.5. The van der Waals surface area contributed by atoms with Crippen molar-refractivity contribution in [2.45, 2.75) is 0 Å². The van der Waals surface area contributed by atoms with Crippen molar-refractivity contribution in [3.8, 4) is 23.3 Å². The summed E-state index contributed by atoms with van der Waals surface area (Å²) in [5, 5.41) is 0. The fraction of sp³-hybridized carbons (Fsp3) is 0.222. The molecule has 1 fully saturated rings. The Bertz CT molecular complexity index is 1240. The summed E-state index contributed by atoms with van der Waals surface area (Å²) in [6.45, 7) is 1.83. The van der Waals surface area contributed by atoms with E-state index >= 15 is 0 Å². The van der Waals surface area contributed by atoms with E-state index in [4.69, 9.17) is 9.47 Å². The quantitative estimate of drug-likeness (QED) is 0.566. The topological polar surface area (TPSA) is 72.0 Å². The van der Waals surface area contributed by atoms with Gasteiger partial charge in [-0.1, -0.05) is 18.1 Å². The smallest absolute Gasteiger partial charge is 0.254 e. The van der Waals surface area contributed by atoms with Gasteiger partial charge in [-0.3, -0.25) is 9.59 Å². The van der Waals surface area contributed by atoms with E-state index < -0.39 is 0 Å². The molecular formula is C27H25N3O4. The van der Waals surface area contributed by atoms with Gasteiger partial charge in [-0.25, -0.2) is 4.98 Å². The first-order chi connectivity index (χ1) is 16.6. The third-order valence-electron chi connectivity index (χ3n) is 5.61. The van der Waals surface area contributed by atoms with Crippen molar-refractivity contribution in [2.24, 2.45) is 0 Å². The van der Waals surface area contributed by atoms with Crippen LogP contribution in [0.2, 0.25) is 0 Å². The Labute approximate surface area is 198 Å². The lowest BCUT2D eigenvalue weighted by molar-refractivity contribution is 0.0535. The Morgan fingerprint density at radius 1 is 0.794 bits per heavy atom. The van der Waals surface area contributed by atoms with Crippen molar-refractivity contribution >= 4 is 11.8 Å². The number of nitrogens with zero attached hydrogens (tertiary/aromatic N) is 3. The average molecular weight is 456 g/mol. The van der Waals surface area contributed by atoms with Gasteiger partial charge in [0.2, 0.25) is 0 Å². The standard InChI is InChI=1S/C27H25N3O4/c1-33-24-8-5-6-21(19-24)26(31)29-14-16-30(17-15-29)27(32)22-10-12-25(34-2)20(18-22)9-11-23-7-3-4-13-28-23/h3-8,10,12-13,18-19H,14-17H2,1-2H3. The van der Waals surface area contributed by atoms with E-state index in [0.29, 0.717) is 60.1 Å². The average Bonchev–Trinajstić information content (AvgIpc) is 2.91. The van der Waals surface area contributed by atoms with Crippen molar-refractivity contribution in [2.75, 3.05) is 40.4 Å². The number of carbonyl (C=O) groups is 2. The normalized spacial score (nSPS) is 13.0. The number of ether oxygens (including phenoxy) is 2. The van der Waals surface area contributed by atoms with Gasteiger partial charge in [0.05, 0.1) is 19.8 Å². The number of benzene rings is 2. The van der Waals surface area contributed by atoms with Gasteiger partial charge in [-0.2, -0.15) is 0 Å². The lowest BCUT2D eigenvalue weighted by Crippen LogP contribution is -2.50. The fourth-order valence-corrected chi connectivity index (χ4v) is 3.74. The highest BCUT2D eigenvalue weighted by atomic mass is 16.5. The molecule has 172 valence electrons.